The van der Waals surface area contributed by atoms with Crippen molar-refractivity contribution in [1.29, 1.82) is 0 Å². The van der Waals surface area contributed by atoms with Crippen molar-refractivity contribution in [3.05, 3.63) is 23.8 Å². The first-order valence-corrected chi connectivity index (χ1v) is 6.43. The highest BCUT2D eigenvalue weighted by molar-refractivity contribution is 5.81. The number of aliphatic hydroxyl groups is 1. The second-order valence-electron chi connectivity index (χ2n) is 6.09. The van der Waals surface area contributed by atoms with Crippen LogP contribution in [0.4, 0.5) is 0 Å². The lowest BCUT2D eigenvalue weighted by Gasteiger charge is -2.48. The van der Waals surface area contributed by atoms with E-state index in [1.807, 2.05) is 20.8 Å². The Hall–Kier alpha value is -1.42. The number of ketones is 1. The first kappa shape index (κ1) is 15.6. The van der Waals surface area contributed by atoms with E-state index < -0.39 is 17.0 Å². The molecule has 1 rings (SSSR count). The number of carboxylic acid groups (broad SMARTS) is 1. The number of carbonyl (C=O) groups excluding carboxylic acids is 1. The van der Waals surface area contributed by atoms with E-state index in [4.69, 9.17) is 5.11 Å². The maximum absolute atomic E-state index is 11.6. The molecular formula is C15H22O4. The van der Waals surface area contributed by atoms with E-state index in [1.165, 1.54) is 0 Å². The van der Waals surface area contributed by atoms with Crippen molar-refractivity contribution < 1.29 is 19.8 Å². The van der Waals surface area contributed by atoms with Gasteiger partial charge in [-0.25, -0.2) is 4.79 Å². The maximum atomic E-state index is 11.6. The molecule has 0 radical (unpaired) electrons. The van der Waals surface area contributed by atoms with Gasteiger partial charge in [0.2, 0.25) is 0 Å². The summed E-state index contributed by atoms with van der Waals surface area (Å²) in [6.45, 7) is 7.24. The molecule has 1 unspecified atom stereocenters. The van der Waals surface area contributed by atoms with Crippen molar-refractivity contribution in [3.63, 3.8) is 0 Å². The van der Waals surface area contributed by atoms with Crippen LogP contribution in [0.15, 0.2) is 23.8 Å². The zero-order valence-corrected chi connectivity index (χ0v) is 11.9. The highest BCUT2D eigenvalue weighted by Gasteiger charge is 2.50. The normalized spacial score (nSPS) is 31.7. The van der Waals surface area contributed by atoms with Crippen LogP contribution in [0.5, 0.6) is 0 Å². The molecule has 0 aromatic rings. The first-order chi connectivity index (χ1) is 8.58. The molecule has 0 amide bonds. The van der Waals surface area contributed by atoms with E-state index in [9.17, 15) is 14.7 Å². The Morgan fingerprint density at radius 2 is 2.00 bits per heavy atom. The molecule has 106 valence electrons. The van der Waals surface area contributed by atoms with Gasteiger partial charge in [0.05, 0.1) is 5.60 Å². The lowest BCUT2D eigenvalue weighted by atomic mass is 9.60. The molecule has 2 N–H and O–H groups in total. The Labute approximate surface area is 113 Å². The summed E-state index contributed by atoms with van der Waals surface area (Å²) in [5.41, 5.74) is -1.10. The Kier molecular flexibility index (Phi) is 4.35. The summed E-state index contributed by atoms with van der Waals surface area (Å²) >= 11 is 0. The van der Waals surface area contributed by atoms with Crippen LogP contribution in [-0.2, 0) is 9.59 Å². The first-order valence-electron chi connectivity index (χ1n) is 6.43. The highest BCUT2D eigenvalue weighted by atomic mass is 16.4. The van der Waals surface area contributed by atoms with Gasteiger partial charge in [-0.3, -0.25) is 4.79 Å². The van der Waals surface area contributed by atoms with Crippen LogP contribution in [0.2, 0.25) is 0 Å². The lowest BCUT2D eigenvalue weighted by Crippen LogP contribution is -2.53. The third-order valence-corrected chi connectivity index (χ3v) is 3.96. The number of Topliss-reactive ketones (excluding diaryl/α,β-unsaturated/α-hetero) is 1. The smallest absolute Gasteiger partial charge is 0.328 e. The minimum atomic E-state index is -1.10. The van der Waals surface area contributed by atoms with E-state index >= 15 is 0 Å². The standard InChI is InChI=1S/C15H22O4/c1-10(7-13(17)18)5-6-15(19)11(2)8-12(16)9-14(15,3)4/h5-7,11,19H,8-9H2,1-4H3,(H,17,18)/b6-5+,10-7-/t11-,15?/m0/s1. The average Bonchev–Trinajstić information content (AvgIpc) is 2.21. The van der Waals surface area contributed by atoms with Crippen molar-refractivity contribution in [3.8, 4) is 0 Å². The van der Waals surface area contributed by atoms with E-state index in [0.717, 1.165) is 6.08 Å². The monoisotopic (exact) mass is 266 g/mol. The summed E-state index contributed by atoms with van der Waals surface area (Å²) in [6.07, 6.45) is 5.03. The zero-order chi connectivity index (χ0) is 14.8. The molecule has 1 aliphatic carbocycles. The Balaban J connectivity index is 3.04. The molecule has 0 aromatic heterocycles. The minimum Gasteiger partial charge on any atom is -0.478 e. The second-order valence-corrected chi connectivity index (χ2v) is 6.09. The fourth-order valence-electron chi connectivity index (χ4n) is 2.76. The van der Waals surface area contributed by atoms with Gasteiger partial charge < -0.3 is 10.2 Å². The lowest BCUT2D eigenvalue weighted by molar-refractivity contribution is -0.142. The van der Waals surface area contributed by atoms with Gasteiger partial charge in [-0.15, -0.1) is 0 Å². The second kappa shape index (κ2) is 5.29. The summed E-state index contributed by atoms with van der Waals surface area (Å²) in [4.78, 5) is 22.2. The molecule has 4 heteroatoms. The Morgan fingerprint density at radius 3 is 2.47 bits per heavy atom. The molecular weight excluding hydrogens is 244 g/mol. The van der Waals surface area contributed by atoms with E-state index in [-0.39, 0.29) is 11.7 Å². The molecule has 1 aliphatic rings. The van der Waals surface area contributed by atoms with Crippen LogP contribution in [0.25, 0.3) is 0 Å². The predicted octanol–water partition coefficient (Wildman–Crippen LogP) is 2.33. The topological polar surface area (TPSA) is 74.6 Å². The Bertz CT molecular complexity index is 445. The van der Waals surface area contributed by atoms with Crippen molar-refractivity contribution in [1.82, 2.24) is 0 Å². The average molecular weight is 266 g/mol. The van der Waals surface area contributed by atoms with Gasteiger partial charge in [0, 0.05) is 24.3 Å². The fourth-order valence-corrected chi connectivity index (χ4v) is 2.76. The summed E-state index contributed by atoms with van der Waals surface area (Å²) in [6, 6.07) is 0. The van der Waals surface area contributed by atoms with Gasteiger partial charge in [0.1, 0.15) is 5.78 Å². The summed E-state index contributed by atoms with van der Waals surface area (Å²) in [5.74, 6) is -1.04. The van der Waals surface area contributed by atoms with Gasteiger partial charge in [-0.2, -0.15) is 0 Å². The highest BCUT2D eigenvalue weighted by Crippen LogP contribution is 2.46. The molecule has 0 spiro atoms. The molecule has 0 saturated heterocycles. The van der Waals surface area contributed by atoms with Gasteiger partial charge in [-0.1, -0.05) is 32.9 Å². The number of hydrogen-bond donors (Lipinski definition) is 2. The largest absolute Gasteiger partial charge is 0.478 e. The van der Waals surface area contributed by atoms with Crippen molar-refractivity contribution in [2.45, 2.75) is 46.1 Å². The summed E-state index contributed by atoms with van der Waals surface area (Å²) < 4.78 is 0. The van der Waals surface area contributed by atoms with Gasteiger partial charge in [0.15, 0.2) is 0 Å². The van der Waals surface area contributed by atoms with Crippen molar-refractivity contribution in [2.24, 2.45) is 11.3 Å². The van der Waals surface area contributed by atoms with Crippen LogP contribution < -0.4 is 0 Å². The van der Waals surface area contributed by atoms with Gasteiger partial charge in [-0.05, 0) is 18.4 Å². The number of aliphatic carboxylic acids is 1. The number of rotatable bonds is 3. The zero-order valence-electron chi connectivity index (χ0n) is 11.9. The van der Waals surface area contributed by atoms with Crippen LogP contribution in [0.1, 0.15) is 40.5 Å². The van der Waals surface area contributed by atoms with Crippen LogP contribution in [-0.4, -0.2) is 27.6 Å². The third kappa shape index (κ3) is 3.32. The number of allylic oxidation sites excluding steroid dienone is 2. The fraction of sp³-hybridized carbons (Fsp3) is 0.600. The molecule has 0 aliphatic heterocycles. The quantitative estimate of drug-likeness (QED) is 0.607. The molecule has 0 heterocycles. The van der Waals surface area contributed by atoms with E-state index in [1.54, 1.807) is 19.1 Å². The van der Waals surface area contributed by atoms with Crippen LogP contribution in [0, 0.1) is 11.3 Å². The number of carboxylic acids is 1. The molecule has 1 saturated carbocycles. The third-order valence-electron chi connectivity index (χ3n) is 3.96. The summed E-state index contributed by atoms with van der Waals surface area (Å²) in [5, 5.41) is 19.5. The molecule has 1 fully saturated rings. The number of carbonyl (C=O) groups is 2. The van der Waals surface area contributed by atoms with E-state index in [0.29, 0.717) is 18.4 Å². The number of hydrogen-bond acceptors (Lipinski definition) is 3. The van der Waals surface area contributed by atoms with Gasteiger partial charge in [0.25, 0.3) is 0 Å². The minimum absolute atomic E-state index is 0.161. The van der Waals surface area contributed by atoms with Gasteiger partial charge >= 0.3 is 5.97 Å². The van der Waals surface area contributed by atoms with Crippen molar-refractivity contribution in [2.75, 3.05) is 0 Å². The predicted molar refractivity (Wildman–Crippen MR) is 72.7 cm³/mol. The molecule has 19 heavy (non-hydrogen) atoms. The molecule has 2 atom stereocenters. The van der Waals surface area contributed by atoms with Crippen LogP contribution in [0.3, 0.4) is 0 Å². The maximum Gasteiger partial charge on any atom is 0.328 e. The van der Waals surface area contributed by atoms with Crippen LogP contribution >= 0.6 is 0 Å². The van der Waals surface area contributed by atoms with E-state index in [2.05, 4.69) is 0 Å². The summed E-state index contributed by atoms with van der Waals surface area (Å²) in [7, 11) is 0. The van der Waals surface area contributed by atoms with Crippen molar-refractivity contribution >= 4 is 11.8 Å². The molecule has 4 nitrogen and oxygen atoms in total. The Morgan fingerprint density at radius 1 is 1.42 bits per heavy atom. The SMILES string of the molecule is CC(=C/C(=O)O)/C=C/C1(O)[C@@H](C)CC(=O)CC1(C)C. The molecule has 0 bridgehead atoms. The molecule has 0 aromatic carbocycles.